The second kappa shape index (κ2) is 5.30. The Labute approximate surface area is 90.8 Å². The van der Waals surface area contributed by atoms with E-state index in [2.05, 4.69) is 5.43 Å². The van der Waals surface area contributed by atoms with Gasteiger partial charge in [0.15, 0.2) is 0 Å². The van der Waals surface area contributed by atoms with Crippen LogP contribution in [0.25, 0.3) is 0 Å². The van der Waals surface area contributed by atoms with E-state index in [0.29, 0.717) is 6.61 Å². The van der Waals surface area contributed by atoms with E-state index in [-0.39, 0.29) is 11.6 Å². The minimum atomic E-state index is -0.141. The number of nitrogens with one attached hydrogen (secondary N) is 1. The van der Waals surface area contributed by atoms with Gasteiger partial charge in [-0.25, -0.2) is 0 Å². The number of hydrazine groups is 1. The molecule has 4 heteroatoms. The minimum absolute atomic E-state index is 0.0791. The van der Waals surface area contributed by atoms with Crippen LogP contribution in [-0.2, 0) is 11.2 Å². The van der Waals surface area contributed by atoms with Crippen molar-refractivity contribution in [2.45, 2.75) is 38.8 Å². The quantitative estimate of drug-likeness (QED) is 0.573. The lowest BCUT2D eigenvalue weighted by Crippen LogP contribution is -2.42. The SMILES string of the molecule is CC(C)(C)OCC(Cc1ccco1)NN. The van der Waals surface area contributed by atoms with E-state index in [9.17, 15) is 0 Å². The van der Waals surface area contributed by atoms with Gasteiger partial charge in [-0.3, -0.25) is 11.3 Å². The van der Waals surface area contributed by atoms with E-state index in [1.807, 2.05) is 32.9 Å². The first-order valence-electron chi connectivity index (χ1n) is 5.14. The summed E-state index contributed by atoms with van der Waals surface area (Å²) in [5, 5.41) is 0. The molecule has 0 radical (unpaired) electrons. The summed E-state index contributed by atoms with van der Waals surface area (Å²) < 4.78 is 10.9. The Balaban J connectivity index is 2.36. The molecule has 1 unspecified atom stereocenters. The average molecular weight is 212 g/mol. The van der Waals surface area contributed by atoms with Gasteiger partial charge in [-0.05, 0) is 32.9 Å². The fourth-order valence-corrected chi connectivity index (χ4v) is 1.19. The zero-order chi connectivity index (χ0) is 11.3. The summed E-state index contributed by atoms with van der Waals surface area (Å²) in [5.74, 6) is 6.36. The van der Waals surface area contributed by atoms with Crippen molar-refractivity contribution in [3.05, 3.63) is 24.2 Å². The zero-order valence-electron chi connectivity index (χ0n) is 9.62. The van der Waals surface area contributed by atoms with Gasteiger partial charge in [-0.15, -0.1) is 0 Å². The van der Waals surface area contributed by atoms with Gasteiger partial charge in [-0.1, -0.05) is 0 Å². The number of ether oxygens (including phenoxy) is 1. The lowest BCUT2D eigenvalue weighted by atomic mass is 10.1. The Morgan fingerprint density at radius 2 is 2.27 bits per heavy atom. The number of furan rings is 1. The maximum Gasteiger partial charge on any atom is 0.105 e. The Morgan fingerprint density at radius 1 is 1.53 bits per heavy atom. The third-order valence-corrected chi connectivity index (χ3v) is 1.98. The van der Waals surface area contributed by atoms with Gasteiger partial charge >= 0.3 is 0 Å². The maximum atomic E-state index is 5.65. The van der Waals surface area contributed by atoms with Crippen LogP contribution in [0.4, 0.5) is 0 Å². The molecule has 0 aliphatic rings. The van der Waals surface area contributed by atoms with E-state index in [1.54, 1.807) is 6.26 Å². The summed E-state index contributed by atoms with van der Waals surface area (Å²) in [6.07, 6.45) is 2.40. The van der Waals surface area contributed by atoms with Crippen molar-refractivity contribution in [1.29, 1.82) is 0 Å². The molecular weight excluding hydrogens is 192 g/mol. The third kappa shape index (κ3) is 4.97. The van der Waals surface area contributed by atoms with Crippen molar-refractivity contribution in [2.75, 3.05) is 6.61 Å². The number of hydrogen-bond donors (Lipinski definition) is 2. The molecule has 0 aliphatic heterocycles. The van der Waals surface area contributed by atoms with Gasteiger partial charge < -0.3 is 9.15 Å². The fourth-order valence-electron chi connectivity index (χ4n) is 1.19. The summed E-state index contributed by atoms with van der Waals surface area (Å²) in [6, 6.07) is 3.88. The number of rotatable bonds is 5. The summed E-state index contributed by atoms with van der Waals surface area (Å²) in [7, 11) is 0. The van der Waals surface area contributed by atoms with Gasteiger partial charge in [0.05, 0.1) is 24.5 Å². The van der Waals surface area contributed by atoms with E-state index in [0.717, 1.165) is 12.2 Å². The second-order valence-electron chi connectivity index (χ2n) is 4.57. The first-order valence-corrected chi connectivity index (χ1v) is 5.14. The summed E-state index contributed by atoms with van der Waals surface area (Å²) in [6.45, 7) is 6.63. The normalized spacial score (nSPS) is 14.1. The van der Waals surface area contributed by atoms with Gasteiger partial charge in [0.1, 0.15) is 5.76 Å². The molecule has 0 spiro atoms. The molecule has 0 saturated heterocycles. The predicted molar refractivity (Wildman–Crippen MR) is 59.2 cm³/mol. The largest absolute Gasteiger partial charge is 0.469 e. The van der Waals surface area contributed by atoms with Gasteiger partial charge in [0.2, 0.25) is 0 Å². The van der Waals surface area contributed by atoms with Crippen molar-refractivity contribution in [3.8, 4) is 0 Å². The minimum Gasteiger partial charge on any atom is -0.469 e. The van der Waals surface area contributed by atoms with Crippen molar-refractivity contribution >= 4 is 0 Å². The van der Waals surface area contributed by atoms with Crippen LogP contribution in [-0.4, -0.2) is 18.2 Å². The lowest BCUT2D eigenvalue weighted by Gasteiger charge is -2.23. The van der Waals surface area contributed by atoms with Gasteiger partial charge in [0, 0.05) is 6.42 Å². The highest BCUT2D eigenvalue weighted by Gasteiger charge is 2.15. The predicted octanol–water partition coefficient (Wildman–Crippen LogP) is 1.47. The number of nitrogens with two attached hydrogens (primary N) is 1. The summed E-state index contributed by atoms with van der Waals surface area (Å²) in [4.78, 5) is 0. The van der Waals surface area contributed by atoms with Gasteiger partial charge in [-0.2, -0.15) is 0 Å². The van der Waals surface area contributed by atoms with Gasteiger partial charge in [0.25, 0.3) is 0 Å². The van der Waals surface area contributed by atoms with Crippen molar-refractivity contribution in [1.82, 2.24) is 5.43 Å². The molecular formula is C11H20N2O2. The molecule has 0 aromatic carbocycles. The molecule has 1 aromatic heterocycles. The van der Waals surface area contributed by atoms with Crippen LogP contribution < -0.4 is 11.3 Å². The molecule has 0 fully saturated rings. The molecule has 1 aromatic rings. The lowest BCUT2D eigenvalue weighted by molar-refractivity contribution is -0.0148. The topological polar surface area (TPSA) is 60.4 Å². The van der Waals surface area contributed by atoms with E-state index >= 15 is 0 Å². The van der Waals surface area contributed by atoms with E-state index < -0.39 is 0 Å². The van der Waals surface area contributed by atoms with Crippen LogP contribution >= 0.6 is 0 Å². The molecule has 0 aliphatic carbocycles. The Bertz CT molecular complexity index is 265. The Morgan fingerprint density at radius 3 is 2.73 bits per heavy atom. The van der Waals surface area contributed by atoms with Crippen molar-refractivity contribution in [3.63, 3.8) is 0 Å². The average Bonchev–Trinajstić information content (AvgIpc) is 2.63. The molecule has 0 amide bonds. The second-order valence-corrected chi connectivity index (χ2v) is 4.57. The van der Waals surface area contributed by atoms with Crippen LogP contribution in [0.2, 0.25) is 0 Å². The molecule has 1 rings (SSSR count). The maximum absolute atomic E-state index is 5.65. The van der Waals surface area contributed by atoms with Crippen LogP contribution in [0.1, 0.15) is 26.5 Å². The van der Waals surface area contributed by atoms with Crippen LogP contribution in [0.15, 0.2) is 22.8 Å². The molecule has 86 valence electrons. The first-order chi connectivity index (χ1) is 7.01. The standard InChI is InChI=1S/C11H20N2O2/c1-11(2,3)15-8-9(13-12)7-10-5-4-6-14-10/h4-6,9,13H,7-8,12H2,1-3H3. The molecule has 0 bridgehead atoms. The molecule has 4 nitrogen and oxygen atoms in total. The van der Waals surface area contributed by atoms with E-state index in [4.69, 9.17) is 15.0 Å². The van der Waals surface area contributed by atoms with Crippen LogP contribution in [0, 0.1) is 0 Å². The van der Waals surface area contributed by atoms with Crippen molar-refractivity contribution < 1.29 is 9.15 Å². The first kappa shape index (κ1) is 12.2. The molecule has 3 N–H and O–H groups in total. The smallest absolute Gasteiger partial charge is 0.105 e. The zero-order valence-corrected chi connectivity index (χ0v) is 9.62. The molecule has 1 atom stereocenters. The molecule has 1 heterocycles. The van der Waals surface area contributed by atoms with Crippen LogP contribution in [0.3, 0.4) is 0 Å². The Hall–Kier alpha value is -0.840. The van der Waals surface area contributed by atoms with Crippen molar-refractivity contribution in [2.24, 2.45) is 5.84 Å². The highest BCUT2D eigenvalue weighted by atomic mass is 16.5. The molecule has 0 saturated carbocycles. The molecule has 15 heavy (non-hydrogen) atoms. The summed E-state index contributed by atoms with van der Waals surface area (Å²) >= 11 is 0. The number of hydrogen-bond acceptors (Lipinski definition) is 4. The van der Waals surface area contributed by atoms with E-state index in [1.165, 1.54) is 0 Å². The fraction of sp³-hybridized carbons (Fsp3) is 0.636. The third-order valence-electron chi connectivity index (χ3n) is 1.98. The summed E-state index contributed by atoms with van der Waals surface area (Å²) in [5.41, 5.74) is 2.59. The van der Waals surface area contributed by atoms with Crippen LogP contribution in [0.5, 0.6) is 0 Å². The Kier molecular flexibility index (Phi) is 4.32. The highest BCUT2D eigenvalue weighted by Crippen LogP contribution is 2.09. The monoisotopic (exact) mass is 212 g/mol. The highest BCUT2D eigenvalue weighted by molar-refractivity contribution is 5.00.